The van der Waals surface area contributed by atoms with Crippen molar-refractivity contribution in [2.45, 2.75) is 52.6 Å². The van der Waals surface area contributed by atoms with E-state index in [0.29, 0.717) is 6.61 Å². The fourth-order valence-electron chi connectivity index (χ4n) is 0.841. The molecular formula is C9H20O3S. The molecule has 4 heteroatoms. The van der Waals surface area contributed by atoms with Gasteiger partial charge in [0.15, 0.2) is 0 Å². The van der Waals surface area contributed by atoms with Crippen LogP contribution in [0.2, 0.25) is 0 Å². The fourth-order valence-corrected chi connectivity index (χ4v) is 1.46. The third-order valence-corrected chi connectivity index (χ3v) is 2.35. The van der Waals surface area contributed by atoms with Gasteiger partial charge < -0.3 is 0 Å². The van der Waals surface area contributed by atoms with E-state index in [1.54, 1.807) is 0 Å². The second kappa shape index (κ2) is 8.66. The molecule has 0 aromatic rings. The van der Waals surface area contributed by atoms with Crippen LogP contribution in [0, 0.1) is 0 Å². The topological polar surface area (TPSA) is 35.5 Å². The van der Waals surface area contributed by atoms with Gasteiger partial charge in [-0.25, -0.2) is 0 Å². The summed E-state index contributed by atoms with van der Waals surface area (Å²) in [5.41, 5.74) is 0. The summed E-state index contributed by atoms with van der Waals surface area (Å²) in [7, 11) is 0. The molecule has 0 rings (SSSR count). The van der Waals surface area contributed by atoms with Gasteiger partial charge in [-0.2, -0.15) is 4.21 Å². The smallest absolute Gasteiger partial charge is 0.268 e. The predicted molar refractivity (Wildman–Crippen MR) is 54.5 cm³/mol. The molecule has 13 heavy (non-hydrogen) atoms. The molecule has 0 aliphatic carbocycles. The van der Waals surface area contributed by atoms with Gasteiger partial charge in [0.2, 0.25) is 0 Å². The summed E-state index contributed by atoms with van der Waals surface area (Å²) in [4.78, 5) is 0. The van der Waals surface area contributed by atoms with Gasteiger partial charge >= 0.3 is 11.4 Å². The van der Waals surface area contributed by atoms with Crippen LogP contribution in [0.25, 0.3) is 0 Å². The molecular weight excluding hydrogens is 188 g/mol. The van der Waals surface area contributed by atoms with E-state index in [9.17, 15) is 4.21 Å². The lowest BCUT2D eigenvalue weighted by molar-refractivity contribution is 0.206. The largest absolute Gasteiger partial charge is 0.304 e. The molecule has 1 atom stereocenters. The van der Waals surface area contributed by atoms with Gasteiger partial charge in [-0.3, -0.25) is 8.37 Å². The van der Waals surface area contributed by atoms with Crippen LogP contribution in [0.3, 0.4) is 0 Å². The van der Waals surface area contributed by atoms with E-state index in [-0.39, 0.29) is 6.10 Å². The molecule has 0 bridgehead atoms. The van der Waals surface area contributed by atoms with Gasteiger partial charge in [-0.1, -0.05) is 26.2 Å². The molecule has 0 heterocycles. The highest BCUT2D eigenvalue weighted by molar-refractivity contribution is 7.75. The van der Waals surface area contributed by atoms with E-state index in [4.69, 9.17) is 8.37 Å². The van der Waals surface area contributed by atoms with Gasteiger partial charge in [0.05, 0.1) is 12.7 Å². The van der Waals surface area contributed by atoms with Crippen LogP contribution in [0.4, 0.5) is 0 Å². The Morgan fingerprint density at radius 2 is 1.92 bits per heavy atom. The minimum absolute atomic E-state index is 0.0449. The SMILES string of the molecule is CCCCCCOS(=O)OC(C)C. The van der Waals surface area contributed by atoms with Gasteiger partial charge in [-0.05, 0) is 20.3 Å². The van der Waals surface area contributed by atoms with E-state index in [0.717, 1.165) is 12.8 Å². The van der Waals surface area contributed by atoms with Crippen molar-refractivity contribution in [2.24, 2.45) is 0 Å². The van der Waals surface area contributed by atoms with Crippen LogP contribution >= 0.6 is 0 Å². The standard InChI is InChI=1S/C9H20O3S/c1-4-5-6-7-8-11-13(10)12-9(2)3/h9H,4-8H2,1-3H3. The van der Waals surface area contributed by atoms with E-state index in [2.05, 4.69) is 6.92 Å². The van der Waals surface area contributed by atoms with Crippen LogP contribution < -0.4 is 0 Å². The summed E-state index contributed by atoms with van der Waals surface area (Å²) >= 11 is -1.56. The number of hydrogen-bond donors (Lipinski definition) is 0. The highest BCUT2D eigenvalue weighted by Crippen LogP contribution is 2.01. The Morgan fingerprint density at radius 1 is 1.23 bits per heavy atom. The Kier molecular flexibility index (Phi) is 8.71. The number of rotatable bonds is 8. The Bertz CT molecular complexity index is 137. The van der Waals surface area contributed by atoms with Gasteiger partial charge in [0.1, 0.15) is 0 Å². The zero-order chi connectivity index (χ0) is 10.1. The molecule has 0 radical (unpaired) electrons. The van der Waals surface area contributed by atoms with E-state index >= 15 is 0 Å². The Labute approximate surface area is 83.7 Å². The minimum atomic E-state index is -1.56. The first-order valence-corrected chi connectivity index (χ1v) is 5.89. The molecule has 1 unspecified atom stereocenters. The molecule has 0 N–H and O–H groups in total. The average Bonchev–Trinajstić information content (AvgIpc) is 2.02. The van der Waals surface area contributed by atoms with Crippen molar-refractivity contribution >= 4 is 11.4 Å². The van der Waals surface area contributed by atoms with Crippen molar-refractivity contribution in [3.63, 3.8) is 0 Å². The van der Waals surface area contributed by atoms with Crippen molar-refractivity contribution in [3.05, 3.63) is 0 Å². The first kappa shape index (κ1) is 13.1. The van der Waals surface area contributed by atoms with Gasteiger partial charge in [0, 0.05) is 0 Å². The summed E-state index contributed by atoms with van der Waals surface area (Å²) in [5, 5.41) is 0. The van der Waals surface area contributed by atoms with Crippen LogP contribution in [0.1, 0.15) is 46.5 Å². The van der Waals surface area contributed by atoms with E-state index < -0.39 is 11.4 Å². The van der Waals surface area contributed by atoms with Gasteiger partial charge in [-0.15, -0.1) is 0 Å². The average molecular weight is 208 g/mol. The molecule has 0 aromatic heterocycles. The monoisotopic (exact) mass is 208 g/mol. The third-order valence-electron chi connectivity index (χ3n) is 1.45. The van der Waals surface area contributed by atoms with Crippen LogP contribution in [-0.4, -0.2) is 16.9 Å². The van der Waals surface area contributed by atoms with Crippen LogP contribution in [0.15, 0.2) is 0 Å². The molecule has 0 spiro atoms. The summed E-state index contributed by atoms with van der Waals surface area (Å²) < 4.78 is 20.8. The molecule has 0 saturated heterocycles. The van der Waals surface area contributed by atoms with Crippen LogP contribution in [-0.2, 0) is 19.7 Å². The fraction of sp³-hybridized carbons (Fsp3) is 1.00. The van der Waals surface area contributed by atoms with Crippen molar-refractivity contribution in [1.29, 1.82) is 0 Å². The summed E-state index contributed by atoms with van der Waals surface area (Å²) in [5.74, 6) is 0. The summed E-state index contributed by atoms with van der Waals surface area (Å²) in [6.45, 7) is 6.34. The minimum Gasteiger partial charge on any atom is -0.268 e. The van der Waals surface area contributed by atoms with Crippen molar-refractivity contribution in [1.82, 2.24) is 0 Å². The molecule has 0 amide bonds. The number of hydrogen-bond acceptors (Lipinski definition) is 3. The number of unbranched alkanes of at least 4 members (excludes halogenated alkanes) is 3. The third kappa shape index (κ3) is 9.99. The normalized spacial score (nSPS) is 13.5. The van der Waals surface area contributed by atoms with E-state index in [1.807, 2.05) is 13.8 Å². The molecule has 3 nitrogen and oxygen atoms in total. The predicted octanol–water partition coefficient (Wildman–Crippen LogP) is 2.59. The van der Waals surface area contributed by atoms with Gasteiger partial charge in [0.25, 0.3) is 0 Å². The van der Waals surface area contributed by atoms with Crippen molar-refractivity contribution in [2.75, 3.05) is 6.61 Å². The Morgan fingerprint density at radius 3 is 2.46 bits per heavy atom. The second-order valence-corrected chi connectivity index (χ2v) is 4.07. The molecule has 0 saturated carbocycles. The molecule has 0 fully saturated rings. The molecule has 0 aliphatic rings. The van der Waals surface area contributed by atoms with Crippen LogP contribution in [0.5, 0.6) is 0 Å². The lowest BCUT2D eigenvalue weighted by Gasteiger charge is -2.05. The highest BCUT2D eigenvalue weighted by atomic mass is 32.2. The van der Waals surface area contributed by atoms with Crippen molar-refractivity contribution in [3.8, 4) is 0 Å². The zero-order valence-electron chi connectivity index (χ0n) is 8.75. The zero-order valence-corrected chi connectivity index (χ0v) is 9.56. The molecule has 80 valence electrons. The maximum atomic E-state index is 11.0. The highest BCUT2D eigenvalue weighted by Gasteiger charge is 2.02. The maximum Gasteiger partial charge on any atom is 0.304 e. The second-order valence-electron chi connectivity index (χ2n) is 3.23. The molecule has 0 aromatic carbocycles. The lowest BCUT2D eigenvalue weighted by atomic mass is 10.2. The first-order valence-electron chi connectivity index (χ1n) is 4.89. The lowest BCUT2D eigenvalue weighted by Crippen LogP contribution is -2.09. The first-order chi connectivity index (χ1) is 6.16. The van der Waals surface area contributed by atoms with E-state index in [1.165, 1.54) is 12.8 Å². The van der Waals surface area contributed by atoms with Crippen molar-refractivity contribution < 1.29 is 12.6 Å². The summed E-state index contributed by atoms with van der Waals surface area (Å²) in [6.07, 6.45) is 4.46. The summed E-state index contributed by atoms with van der Waals surface area (Å²) in [6, 6.07) is 0. The quantitative estimate of drug-likeness (QED) is 0.575. The maximum absolute atomic E-state index is 11.0. The Balaban J connectivity index is 3.17. The molecule has 0 aliphatic heterocycles. The Hall–Kier alpha value is 0.0700.